The van der Waals surface area contributed by atoms with Crippen LogP contribution >= 0.6 is 15.9 Å². The lowest BCUT2D eigenvalue weighted by Crippen LogP contribution is -2.29. The molecule has 0 radical (unpaired) electrons. The Balaban J connectivity index is 1.59. The number of benzene rings is 2. The summed E-state index contributed by atoms with van der Waals surface area (Å²) in [7, 11) is 0. The Morgan fingerprint density at radius 1 is 1.16 bits per heavy atom. The second-order valence-corrected chi connectivity index (χ2v) is 6.05. The summed E-state index contributed by atoms with van der Waals surface area (Å²) >= 11 is 3.36. The van der Waals surface area contributed by atoms with Crippen molar-refractivity contribution in [2.45, 2.75) is 6.42 Å². The van der Waals surface area contributed by atoms with Crippen LogP contribution in [-0.2, 0) is 4.79 Å². The zero-order valence-electron chi connectivity index (χ0n) is 13.4. The molecule has 0 atom stereocenters. The third-order valence-corrected chi connectivity index (χ3v) is 3.74. The van der Waals surface area contributed by atoms with Crippen LogP contribution in [0.2, 0.25) is 0 Å². The molecule has 0 aliphatic heterocycles. The van der Waals surface area contributed by atoms with Gasteiger partial charge in [0.05, 0.1) is 18.0 Å². The van der Waals surface area contributed by atoms with Crippen molar-refractivity contribution in [2.24, 2.45) is 0 Å². The molecule has 2 rings (SSSR count). The van der Waals surface area contributed by atoms with E-state index in [0.717, 1.165) is 10.2 Å². The summed E-state index contributed by atoms with van der Waals surface area (Å²) in [6, 6.07) is 13.6. The van der Waals surface area contributed by atoms with E-state index >= 15 is 0 Å². The molecule has 0 aliphatic carbocycles. The maximum atomic E-state index is 11.7. The van der Waals surface area contributed by atoms with Crippen LogP contribution in [0, 0.1) is 10.1 Å². The van der Waals surface area contributed by atoms with E-state index in [2.05, 4.69) is 26.6 Å². The van der Waals surface area contributed by atoms with Crippen LogP contribution in [0.5, 0.6) is 5.75 Å². The minimum Gasteiger partial charge on any atom is -0.493 e. The first-order valence-electron chi connectivity index (χ1n) is 7.68. The lowest BCUT2D eigenvalue weighted by atomic mass is 10.3. The monoisotopic (exact) mass is 407 g/mol. The van der Waals surface area contributed by atoms with Crippen LogP contribution in [-0.4, -0.2) is 30.5 Å². The fourth-order valence-corrected chi connectivity index (χ4v) is 2.39. The molecular weight excluding hydrogens is 390 g/mol. The van der Waals surface area contributed by atoms with Gasteiger partial charge in [-0.3, -0.25) is 14.9 Å². The van der Waals surface area contributed by atoms with Gasteiger partial charge in [-0.15, -0.1) is 0 Å². The third kappa shape index (κ3) is 6.80. The Morgan fingerprint density at radius 2 is 1.92 bits per heavy atom. The van der Waals surface area contributed by atoms with E-state index in [1.807, 2.05) is 24.3 Å². The zero-order chi connectivity index (χ0) is 18.1. The van der Waals surface area contributed by atoms with E-state index in [1.165, 1.54) is 12.1 Å². The number of nitrogens with one attached hydrogen (secondary N) is 2. The second kappa shape index (κ2) is 9.63. The average Bonchev–Trinajstić information content (AvgIpc) is 2.59. The average molecular weight is 408 g/mol. The Hall–Kier alpha value is -2.61. The molecule has 0 spiro atoms. The minimum absolute atomic E-state index is 0.0456. The predicted molar refractivity (Wildman–Crippen MR) is 98.8 cm³/mol. The number of ether oxygens (including phenoxy) is 1. The van der Waals surface area contributed by atoms with Crippen LogP contribution in [0.3, 0.4) is 0 Å². The lowest BCUT2D eigenvalue weighted by molar-refractivity contribution is -0.384. The molecule has 25 heavy (non-hydrogen) atoms. The third-order valence-electron chi connectivity index (χ3n) is 3.25. The summed E-state index contributed by atoms with van der Waals surface area (Å²) < 4.78 is 6.43. The normalized spacial score (nSPS) is 10.1. The number of rotatable bonds is 9. The first kappa shape index (κ1) is 18.7. The van der Waals surface area contributed by atoms with Gasteiger partial charge < -0.3 is 15.4 Å². The number of hydrogen-bond donors (Lipinski definition) is 2. The van der Waals surface area contributed by atoms with Crippen molar-refractivity contribution in [2.75, 3.05) is 25.0 Å². The van der Waals surface area contributed by atoms with Gasteiger partial charge in [0.25, 0.3) is 5.69 Å². The maximum absolute atomic E-state index is 11.7. The highest BCUT2D eigenvalue weighted by Crippen LogP contribution is 2.17. The predicted octanol–water partition coefficient (Wildman–Crippen LogP) is 3.35. The van der Waals surface area contributed by atoms with Crippen molar-refractivity contribution in [3.63, 3.8) is 0 Å². The Morgan fingerprint density at radius 3 is 2.60 bits per heavy atom. The van der Waals surface area contributed by atoms with E-state index in [0.29, 0.717) is 25.4 Å². The SMILES string of the molecule is O=C(CCOc1cccc(Br)c1)NCCNc1ccc([N+](=O)[O-])cc1. The fourth-order valence-electron chi connectivity index (χ4n) is 2.02. The number of nitro groups is 1. The number of carbonyl (C=O) groups is 1. The van der Waals surface area contributed by atoms with Crippen molar-refractivity contribution in [1.82, 2.24) is 5.32 Å². The number of nitro benzene ring substituents is 1. The van der Waals surface area contributed by atoms with Gasteiger partial charge >= 0.3 is 0 Å². The lowest BCUT2D eigenvalue weighted by Gasteiger charge is -2.09. The van der Waals surface area contributed by atoms with Gasteiger partial charge in [0, 0.05) is 35.4 Å². The molecule has 2 aromatic carbocycles. The Labute approximate surface area is 153 Å². The summed E-state index contributed by atoms with van der Waals surface area (Å²) in [4.78, 5) is 21.8. The smallest absolute Gasteiger partial charge is 0.269 e. The van der Waals surface area contributed by atoms with Crippen LogP contribution in [0.1, 0.15) is 6.42 Å². The van der Waals surface area contributed by atoms with Crippen LogP contribution in [0.4, 0.5) is 11.4 Å². The molecule has 0 saturated heterocycles. The fraction of sp³-hybridized carbons (Fsp3) is 0.235. The number of carbonyl (C=O) groups excluding carboxylic acids is 1. The molecule has 0 aromatic heterocycles. The first-order chi connectivity index (χ1) is 12.0. The molecule has 8 heteroatoms. The summed E-state index contributed by atoms with van der Waals surface area (Å²) in [6.07, 6.45) is 0.268. The number of halogens is 1. The molecule has 2 aromatic rings. The minimum atomic E-state index is -0.444. The molecule has 0 heterocycles. The Bertz CT molecular complexity index is 722. The highest BCUT2D eigenvalue weighted by molar-refractivity contribution is 9.10. The van der Waals surface area contributed by atoms with Crippen molar-refractivity contribution >= 4 is 33.2 Å². The second-order valence-electron chi connectivity index (χ2n) is 5.14. The molecular formula is C17H18BrN3O4. The quantitative estimate of drug-likeness (QED) is 0.377. The Kier molecular flexibility index (Phi) is 7.21. The largest absolute Gasteiger partial charge is 0.493 e. The van der Waals surface area contributed by atoms with Gasteiger partial charge in [-0.05, 0) is 30.3 Å². The highest BCUT2D eigenvalue weighted by atomic mass is 79.9. The van der Waals surface area contributed by atoms with Crippen LogP contribution in [0.15, 0.2) is 53.0 Å². The number of amides is 1. The summed E-state index contributed by atoms with van der Waals surface area (Å²) in [6.45, 7) is 1.28. The molecule has 7 nitrogen and oxygen atoms in total. The van der Waals surface area contributed by atoms with Gasteiger partial charge in [0.2, 0.25) is 5.91 Å². The molecule has 2 N–H and O–H groups in total. The standard InChI is InChI=1S/C17H18BrN3O4/c18-13-2-1-3-16(12-13)25-11-8-17(22)20-10-9-19-14-4-6-15(7-5-14)21(23)24/h1-7,12,19H,8-11H2,(H,20,22). The van der Waals surface area contributed by atoms with Crippen LogP contribution < -0.4 is 15.4 Å². The maximum Gasteiger partial charge on any atom is 0.269 e. The van der Waals surface area contributed by atoms with Gasteiger partial charge in [-0.25, -0.2) is 0 Å². The van der Waals surface area contributed by atoms with Gasteiger partial charge in [-0.1, -0.05) is 22.0 Å². The van der Waals surface area contributed by atoms with Crippen molar-refractivity contribution in [1.29, 1.82) is 0 Å². The number of nitrogens with zero attached hydrogens (tertiary/aromatic N) is 1. The first-order valence-corrected chi connectivity index (χ1v) is 8.47. The molecule has 132 valence electrons. The van der Waals surface area contributed by atoms with Crippen molar-refractivity contribution in [3.05, 3.63) is 63.1 Å². The summed E-state index contributed by atoms with van der Waals surface area (Å²) in [5, 5.41) is 16.4. The molecule has 0 unspecified atom stereocenters. The van der Waals surface area contributed by atoms with E-state index < -0.39 is 4.92 Å². The van der Waals surface area contributed by atoms with E-state index in [1.54, 1.807) is 12.1 Å². The number of hydrogen-bond acceptors (Lipinski definition) is 5. The van der Waals surface area contributed by atoms with Crippen LogP contribution in [0.25, 0.3) is 0 Å². The van der Waals surface area contributed by atoms with Gasteiger partial charge in [-0.2, -0.15) is 0 Å². The molecule has 0 bridgehead atoms. The molecule has 0 fully saturated rings. The van der Waals surface area contributed by atoms with E-state index in [-0.39, 0.29) is 18.0 Å². The summed E-state index contributed by atoms with van der Waals surface area (Å²) in [5.74, 6) is 0.613. The van der Waals surface area contributed by atoms with Crippen molar-refractivity contribution in [3.8, 4) is 5.75 Å². The van der Waals surface area contributed by atoms with E-state index in [4.69, 9.17) is 4.74 Å². The molecule has 0 aliphatic rings. The highest BCUT2D eigenvalue weighted by Gasteiger charge is 2.04. The topological polar surface area (TPSA) is 93.5 Å². The van der Waals surface area contributed by atoms with Gasteiger partial charge in [0.1, 0.15) is 5.75 Å². The van der Waals surface area contributed by atoms with Crippen molar-refractivity contribution < 1.29 is 14.5 Å². The summed E-state index contributed by atoms with van der Waals surface area (Å²) in [5.41, 5.74) is 0.808. The zero-order valence-corrected chi connectivity index (χ0v) is 15.0. The van der Waals surface area contributed by atoms with E-state index in [9.17, 15) is 14.9 Å². The molecule has 1 amide bonds. The molecule has 0 saturated carbocycles. The number of anilines is 1. The number of non-ortho nitro benzene ring substituents is 1. The van der Waals surface area contributed by atoms with Gasteiger partial charge in [0.15, 0.2) is 0 Å².